The summed E-state index contributed by atoms with van der Waals surface area (Å²) in [6.07, 6.45) is -0.517. The van der Waals surface area contributed by atoms with Crippen LogP contribution in [0.3, 0.4) is 0 Å². The number of aliphatic hydroxyl groups excluding tert-OH is 1. The molecule has 0 spiro atoms. The molecule has 0 amide bonds. The van der Waals surface area contributed by atoms with Crippen molar-refractivity contribution in [2.75, 3.05) is 7.11 Å². The van der Waals surface area contributed by atoms with Crippen molar-refractivity contribution in [3.8, 4) is 0 Å². The SMILES string of the molecule is COCc1ccccc1C(O)Cc1ccc(Br)cc1F. The van der Waals surface area contributed by atoms with Crippen molar-refractivity contribution in [3.05, 3.63) is 69.4 Å². The largest absolute Gasteiger partial charge is 0.388 e. The Labute approximate surface area is 126 Å². The number of rotatable bonds is 5. The molecule has 2 aromatic carbocycles. The van der Waals surface area contributed by atoms with Crippen LogP contribution in [0.4, 0.5) is 4.39 Å². The van der Waals surface area contributed by atoms with Crippen LogP contribution in [0.1, 0.15) is 22.8 Å². The lowest BCUT2D eigenvalue weighted by Crippen LogP contribution is -2.07. The van der Waals surface area contributed by atoms with Crippen LogP contribution in [-0.2, 0) is 17.8 Å². The normalized spacial score (nSPS) is 12.4. The number of hydrogen-bond acceptors (Lipinski definition) is 2. The molecule has 20 heavy (non-hydrogen) atoms. The average molecular weight is 339 g/mol. The van der Waals surface area contributed by atoms with Gasteiger partial charge in [0, 0.05) is 18.0 Å². The monoisotopic (exact) mass is 338 g/mol. The molecular formula is C16H16BrFO2. The molecule has 0 bridgehead atoms. The molecule has 1 unspecified atom stereocenters. The van der Waals surface area contributed by atoms with Gasteiger partial charge in [-0.3, -0.25) is 0 Å². The molecule has 2 aromatic rings. The Morgan fingerprint density at radius 3 is 2.65 bits per heavy atom. The summed E-state index contributed by atoms with van der Waals surface area (Å²) in [5, 5.41) is 10.3. The molecular weight excluding hydrogens is 323 g/mol. The van der Waals surface area contributed by atoms with E-state index in [0.717, 1.165) is 11.1 Å². The Hall–Kier alpha value is -1.23. The summed E-state index contributed by atoms with van der Waals surface area (Å²) in [7, 11) is 1.61. The maximum absolute atomic E-state index is 13.8. The molecule has 0 radical (unpaired) electrons. The number of ether oxygens (including phenoxy) is 1. The van der Waals surface area contributed by atoms with Gasteiger partial charge < -0.3 is 9.84 Å². The second-order valence-electron chi connectivity index (χ2n) is 4.59. The molecule has 1 atom stereocenters. The molecule has 0 aliphatic carbocycles. The summed E-state index contributed by atoms with van der Waals surface area (Å²) in [6, 6.07) is 12.4. The van der Waals surface area contributed by atoms with Crippen LogP contribution in [0.25, 0.3) is 0 Å². The third-order valence-corrected chi connectivity index (χ3v) is 3.64. The van der Waals surface area contributed by atoms with Crippen LogP contribution in [-0.4, -0.2) is 12.2 Å². The van der Waals surface area contributed by atoms with Crippen molar-refractivity contribution < 1.29 is 14.2 Å². The first-order chi connectivity index (χ1) is 9.61. The van der Waals surface area contributed by atoms with E-state index in [9.17, 15) is 9.50 Å². The smallest absolute Gasteiger partial charge is 0.127 e. The van der Waals surface area contributed by atoms with Gasteiger partial charge in [-0.25, -0.2) is 4.39 Å². The lowest BCUT2D eigenvalue weighted by atomic mass is 9.97. The maximum Gasteiger partial charge on any atom is 0.127 e. The zero-order valence-corrected chi connectivity index (χ0v) is 12.7. The molecule has 0 aliphatic rings. The highest BCUT2D eigenvalue weighted by atomic mass is 79.9. The van der Waals surface area contributed by atoms with Crippen LogP contribution in [0.2, 0.25) is 0 Å². The average Bonchev–Trinajstić information content (AvgIpc) is 2.43. The first-order valence-electron chi connectivity index (χ1n) is 6.30. The third-order valence-electron chi connectivity index (χ3n) is 3.14. The Morgan fingerprint density at radius 1 is 1.20 bits per heavy atom. The van der Waals surface area contributed by atoms with Gasteiger partial charge >= 0.3 is 0 Å². The van der Waals surface area contributed by atoms with Gasteiger partial charge in [0.2, 0.25) is 0 Å². The quantitative estimate of drug-likeness (QED) is 0.892. The summed E-state index contributed by atoms with van der Waals surface area (Å²) in [4.78, 5) is 0. The highest BCUT2D eigenvalue weighted by Gasteiger charge is 2.15. The number of aliphatic hydroxyl groups is 1. The van der Waals surface area contributed by atoms with Crippen molar-refractivity contribution in [1.82, 2.24) is 0 Å². The van der Waals surface area contributed by atoms with Crippen molar-refractivity contribution in [2.24, 2.45) is 0 Å². The van der Waals surface area contributed by atoms with Gasteiger partial charge in [0.25, 0.3) is 0 Å². The number of benzene rings is 2. The molecule has 0 saturated heterocycles. The van der Waals surface area contributed by atoms with Gasteiger partial charge in [0.15, 0.2) is 0 Å². The Morgan fingerprint density at radius 2 is 1.95 bits per heavy atom. The minimum absolute atomic E-state index is 0.236. The van der Waals surface area contributed by atoms with Crippen LogP contribution < -0.4 is 0 Å². The zero-order chi connectivity index (χ0) is 14.5. The summed E-state index contributed by atoms with van der Waals surface area (Å²) in [5.41, 5.74) is 2.18. The predicted molar refractivity (Wildman–Crippen MR) is 79.9 cm³/mol. The summed E-state index contributed by atoms with van der Waals surface area (Å²) < 4.78 is 19.6. The third kappa shape index (κ3) is 3.66. The van der Waals surface area contributed by atoms with E-state index in [1.165, 1.54) is 6.07 Å². The Balaban J connectivity index is 2.21. The van der Waals surface area contributed by atoms with E-state index in [1.807, 2.05) is 24.3 Å². The molecule has 4 heteroatoms. The summed E-state index contributed by atoms with van der Waals surface area (Å²) >= 11 is 3.22. The lowest BCUT2D eigenvalue weighted by molar-refractivity contribution is 0.161. The van der Waals surface area contributed by atoms with E-state index in [0.29, 0.717) is 16.6 Å². The molecule has 0 fully saturated rings. The molecule has 0 saturated carbocycles. The van der Waals surface area contributed by atoms with Crippen LogP contribution in [0.15, 0.2) is 46.9 Å². The highest BCUT2D eigenvalue weighted by Crippen LogP contribution is 2.25. The Bertz CT molecular complexity index is 586. The molecule has 0 heterocycles. The van der Waals surface area contributed by atoms with E-state index in [2.05, 4.69) is 15.9 Å². The predicted octanol–water partition coefficient (Wildman–Crippen LogP) is 4.01. The van der Waals surface area contributed by atoms with Crippen LogP contribution in [0.5, 0.6) is 0 Å². The molecule has 1 N–H and O–H groups in total. The van der Waals surface area contributed by atoms with E-state index in [-0.39, 0.29) is 12.2 Å². The standard InChI is InChI=1S/C16H16BrFO2/c1-20-10-12-4-2-3-5-14(12)16(19)8-11-6-7-13(17)9-15(11)18/h2-7,9,16,19H,8,10H2,1H3. The highest BCUT2D eigenvalue weighted by molar-refractivity contribution is 9.10. The van der Waals surface area contributed by atoms with E-state index in [1.54, 1.807) is 19.2 Å². The van der Waals surface area contributed by atoms with Gasteiger partial charge in [-0.2, -0.15) is 0 Å². The van der Waals surface area contributed by atoms with Crippen molar-refractivity contribution in [3.63, 3.8) is 0 Å². The van der Waals surface area contributed by atoms with Gasteiger partial charge in [0.1, 0.15) is 5.82 Å². The van der Waals surface area contributed by atoms with E-state index >= 15 is 0 Å². The fourth-order valence-corrected chi connectivity index (χ4v) is 2.48. The van der Waals surface area contributed by atoms with E-state index in [4.69, 9.17) is 4.74 Å². The lowest BCUT2D eigenvalue weighted by Gasteiger charge is -2.16. The number of methoxy groups -OCH3 is 1. The van der Waals surface area contributed by atoms with Gasteiger partial charge in [-0.1, -0.05) is 46.3 Å². The molecule has 0 aromatic heterocycles. The summed E-state index contributed by atoms with van der Waals surface area (Å²) in [5.74, 6) is -0.317. The Kier molecular flexibility index (Phi) is 5.29. The van der Waals surface area contributed by atoms with Crippen molar-refractivity contribution in [1.29, 1.82) is 0 Å². The maximum atomic E-state index is 13.8. The second-order valence-corrected chi connectivity index (χ2v) is 5.50. The van der Waals surface area contributed by atoms with Crippen molar-refractivity contribution >= 4 is 15.9 Å². The van der Waals surface area contributed by atoms with Crippen LogP contribution >= 0.6 is 15.9 Å². The fraction of sp³-hybridized carbons (Fsp3) is 0.250. The second kappa shape index (κ2) is 6.97. The van der Waals surface area contributed by atoms with Crippen LogP contribution in [0, 0.1) is 5.82 Å². The zero-order valence-electron chi connectivity index (χ0n) is 11.1. The molecule has 106 valence electrons. The van der Waals surface area contributed by atoms with Gasteiger partial charge in [-0.15, -0.1) is 0 Å². The van der Waals surface area contributed by atoms with Gasteiger partial charge in [0.05, 0.1) is 12.7 Å². The first kappa shape index (κ1) is 15.2. The van der Waals surface area contributed by atoms with Gasteiger partial charge in [-0.05, 0) is 28.8 Å². The minimum Gasteiger partial charge on any atom is -0.388 e. The van der Waals surface area contributed by atoms with Crippen molar-refractivity contribution in [2.45, 2.75) is 19.1 Å². The van der Waals surface area contributed by atoms with E-state index < -0.39 is 6.10 Å². The molecule has 0 aliphatic heterocycles. The molecule has 2 nitrogen and oxygen atoms in total. The number of hydrogen-bond donors (Lipinski definition) is 1. The summed E-state index contributed by atoms with van der Waals surface area (Å²) in [6.45, 7) is 0.427. The topological polar surface area (TPSA) is 29.5 Å². The number of halogens is 2. The first-order valence-corrected chi connectivity index (χ1v) is 7.10. The minimum atomic E-state index is -0.753. The fourth-order valence-electron chi connectivity index (χ4n) is 2.15. The molecule has 2 rings (SSSR count).